The number of aliphatic carboxylic acids is 1. The average Bonchev–Trinajstić information content (AvgIpc) is 3.49. The van der Waals surface area contributed by atoms with E-state index in [0.717, 1.165) is 26.4 Å². The highest BCUT2D eigenvalue weighted by molar-refractivity contribution is 7.15. The highest BCUT2D eigenvalue weighted by Crippen LogP contribution is 2.34. The molecule has 168 valence electrons. The number of aromatic nitrogens is 1. The molecule has 0 aliphatic carbocycles. The highest BCUT2D eigenvalue weighted by atomic mass is 32.1. The van der Waals surface area contributed by atoms with Gasteiger partial charge in [-0.2, -0.15) is 4.98 Å². The van der Waals surface area contributed by atoms with E-state index in [2.05, 4.69) is 10.3 Å². The van der Waals surface area contributed by atoms with Gasteiger partial charge in [0.1, 0.15) is 0 Å². The lowest BCUT2D eigenvalue weighted by Crippen LogP contribution is -2.16. The van der Waals surface area contributed by atoms with Crippen LogP contribution in [0.25, 0.3) is 21.8 Å². The molecule has 0 aliphatic heterocycles. The largest absolute Gasteiger partial charge is 0.481 e. The summed E-state index contributed by atoms with van der Waals surface area (Å²) in [6.45, 7) is 1.92. The number of rotatable bonds is 8. The topological polar surface area (TPSA) is 102 Å². The third-order valence-electron chi connectivity index (χ3n) is 5.11. The second-order valence-electron chi connectivity index (χ2n) is 7.37. The average molecular weight is 463 g/mol. The molecule has 33 heavy (non-hydrogen) atoms. The van der Waals surface area contributed by atoms with Crippen LogP contribution in [0, 0.1) is 0 Å². The number of benzene rings is 2. The van der Waals surface area contributed by atoms with Crippen LogP contribution in [-0.4, -0.2) is 28.8 Å². The molecular weight excluding hydrogens is 440 g/mol. The lowest BCUT2D eigenvalue weighted by Gasteiger charge is -2.07. The van der Waals surface area contributed by atoms with Crippen molar-refractivity contribution >= 4 is 29.2 Å². The van der Waals surface area contributed by atoms with Crippen molar-refractivity contribution in [2.75, 3.05) is 11.9 Å². The number of anilines is 1. The van der Waals surface area contributed by atoms with Crippen LogP contribution < -0.4 is 5.32 Å². The summed E-state index contributed by atoms with van der Waals surface area (Å²) in [5.41, 5.74) is 2.79. The quantitative estimate of drug-likeness (QED) is 0.331. The van der Waals surface area contributed by atoms with Crippen LogP contribution in [0.5, 0.6) is 0 Å². The van der Waals surface area contributed by atoms with Gasteiger partial charge in [0.15, 0.2) is 18.0 Å². The van der Waals surface area contributed by atoms with Gasteiger partial charge in [0, 0.05) is 21.7 Å². The van der Waals surface area contributed by atoms with Gasteiger partial charge in [-0.1, -0.05) is 54.6 Å². The summed E-state index contributed by atoms with van der Waals surface area (Å²) in [4.78, 5) is 29.2. The van der Waals surface area contributed by atoms with Gasteiger partial charge in [-0.05, 0) is 30.2 Å². The van der Waals surface area contributed by atoms with E-state index in [0.29, 0.717) is 12.2 Å². The molecule has 0 aliphatic rings. The summed E-state index contributed by atoms with van der Waals surface area (Å²) in [6.07, 6.45) is 1.29. The summed E-state index contributed by atoms with van der Waals surface area (Å²) >= 11 is 1.45. The lowest BCUT2D eigenvalue weighted by molar-refractivity contribution is -0.138. The fourth-order valence-electron chi connectivity index (χ4n) is 3.23. The molecule has 4 aromatic rings. The van der Waals surface area contributed by atoms with Crippen LogP contribution in [0.1, 0.15) is 23.3 Å². The van der Waals surface area contributed by atoms with Gasteiger partial charge in [0.25, 0.3) is 0 Å². The van der Waals surface area contributed by atoms with Gasteiger partial charge in [-0.3, -0.25) is 10.1 Å². The fourth-order valence-corrected chi connectivity index (χ4v) is 4.28. The third kappa shape index (κ3) is 5.48. The minimum absolute atomic E-state index is 0.251. The predicted molar refractivity (Wildman–Crippen MR) is 126 cm³/mol. The maximum Gasteiger partial charge on any atom is 0.412 e. The monoisotopic (exact) mass is 462 g/mol. The van der Waals surface area contributed by atoms with Crippen molar-refractivity contribution in [2.24, 2.45) is 0 Å². The van der Waals surface area contributed by atoms with Crippen molar-refractivity contribution in [2.45, 2.75) is 19.3 Å². The van der Waals surface area contributed by atoms with E-state index in [4.69, 9.17) is 9.15 Å². The molecule has 1 atom stereocenters. The van der Waals surface area contributed by atoms with E-state index >= 15 is 0 Å². The summed E-state index contributed by atoms with van der Waals surface area (Å²) in [6, 6.07) is 21.1. The number of nitrogens with zero attached hydrogens (tertiary/aromatic N) is 1. The van der Waals surface area contributed by atoms with Crippen molar-refractivity contribution in [3.8, 4) is 21.8 Å². The molecule has 0 saturated heterocycles. The molecular formula is C25H22N2O5S. The number of hydrogen-bond donors (Lipinski definition) is 2. The molecule has 1 unspecified atom stereocenters. The molecule has 2 aromatic carbocycles. The predicted octanol–water partition coefficient (Wildman–Crippen LogP) is 6.05. The number of carbonyl (C=O) groups excluding carboxylic acids is 1. The van der Waals surface area contributed by atoms with Gasteiger partial charge >= 0.3 is 12.1 Å². The van der Waals surface area contributed by atoms with Crippen molar-refractivity contribution in [1.29, 1.82) is 0 Å². The Morgan fingerprint density at radius 3 is 2.52 bits per heavy atom. The summed E-state index contributed by atoms with van der Waals surface area (Å²) < 4.78 is 10.7. The Balaban J connectivity index is 1.39. The van der Waals surface area contributed by atoms with E-state index in [1.807, 2.05) is 66.7 Å². The standard InChI is InChI=1S/C25H22N2O5S/c1-16(24(28)29)20-11-12-21(33-20)18-7-9-19(10-8-18)22-23(26-15-32-22)27-25(30)31-14-13-17-5-3-2-4-6-17/h2-12,15-16H,13-14H2,1H3,(H,27,30)(H,28,29). The summed E-state index contributed by atoms with van der Waals surface area (Å²) in [5, 5.41) is 11.8. The van der Waals surface area contributed by atoms with Crippen LogP contribution in [-0.2, 0) is 16.0 Å². The molecule has 8 heteroatoms. The van der Waals surface area contributed by atoms with E-state index < -0.39 is 18.0 Å². The van der Waals surface area contributed by atoms with Crippen LogP contribution in [0.4, 0.5) is 10.6 Å². The minimum atomic E-state index is -0.845. The number of carboxylic acids is 1. The molecule has 0 saturated carbocycles. The van der Waals surface area contributed by atoms with Gasteiger partial charge in [0.05, 0.1) is 12.5 Å². The van der Waals surface area contributed by atoms with Crippen LogP contribution in [0.15, 0.2) is 77.5 Å². The highest BCUT2D eigenvalue weighted by Gasteiger charge is 2.17. The number of nitrogens with one attached hydrogen (secondary N) is 1. The Kier molecular flexibility index (Phi) is 6.85. The Morgan fingerprint density at radius 2 is 1.79 bits per heavy atom. The Morgan fingerprint density at radius 1 is 1.06 bits per heavy atom. The first-order valence-corrected chi connectivity index (χ1v) is 11.2. The molecule has 2 aromatic heterocycles. The number of thiophene rings is 1. The van der Waals surface area contributed by atoms with Gasteiger partial charge in [-0.25, -0.2) is 4.79 Å². The molecule has 7 nitrogen and oxygen atoms in total. The van der Waals surface area contributed by atoms with Crippen LogP contribution in [0.3, 0.4) is 0 Å². The van der Waals surface area contributed by atoms with Crippen molar-refractivity contribution in [3.63, 3.8) is 0 Å². The number of ether oxygens (including phenoxy) is 1. The van der Waals surface area contributed by atoms with Crippen molar-refractivity contribution in [1.82, 2.24) is 4.98 Å². The molecule has 2 heterocycles. The fraction of sp³-hybridized carbons (Fsp3) is 0.160. The summed E-state index contributed by atoms with van der Waals surface area (Å²) in [5.74, 6) is -0.685. The molecule has 1 amide bonds. The Hall–Kier alpha value is -3.91. The zero-order chi connectivity index (χ0) is 23.2. The molecule has 0 spiro atoms. The molecule has 0 bridgehead atoms. The first-order valence-electron chi connectivity index (χ1n) is 10.4. The molecule has 2 N–H and O–H groups in total. The Labute approximate surface area is 194 Å². The minimum Gasteiger partial charge on any atom is -0.481 e. The van der Waals surface area contributed by atoms with Gasteiger partial charge in [0.2, 0.25) is 0 Å². The van der Waals surface area contributed by atoms with E-state index in [1.54, 1.807) is 6.92 Å². The lowest BCUT2D eigenvalue weighted by atomic mass is 10.1. The van der Waals surface area contributed by atoms with Crippen molar-refractivity contribution < 1.29 is 23.8 Å². The first-order chi connectivity index (χ1) is 16.0. The third-order valence-corrected chi connectivity index (χ3v) is 6.43. The molecule has 0 fully saturated rings. The number of oxazole rings is 1. The van der Waals surface area contributed by atoms with E-state index in [1.165, 1.54) is 17.7 Å². The number of amides is 1. The van der Waals surface area contributed by atoms with E-state index in [9.17, 15) is 14.7 Å². The van der Waals surface area contributed by atoms with Crippen LogP contribution in [0.2, 0.25) is 0 Å². The number of hydrogen-bond acceptors (Lipinski definition) is 6. The maximum absolute atomic E-state index is 12.2. The second-order valence-corrected chi connectivity index (χ2v) is 8.48. The Bertz CT molecular complexity index is 1230. The van der Waals surface area contributed by atoms with Crippen molar-refractivity contribution in [3.05, 3.63) is 83.6 Å². The first kappa shape index (κ1) is 22.3. The number of carbonyl (C=O) groups is 2. The molecule has 4 rings (SSSR count). The SMILES string of the molecule is CC(C(=O)O)c1ccc(-c2ccc(-c3ocnc3NC(=O)OCCc3ccccc3)cc2)s1. The zero-order valence-corrected chi connectivity index (χ0v) is 18.7. The van der Waals surface area contributed by atoms with Crippen LogP contribution >= 0.6 is 11.3 Å². The normalized spacial score (nSPS) is 11.7. The smallest absolute Gasteiger partial charge is 0.412 e. The van der Waals surface area contributed by atoms with Gasteiger partial charge in [-0.15, -0.1) is 11.3 Å². The second kappa shape index (κ2) is 10.1. The zero-order valence-electron chi connectivity index (χ0n) is 17.9. The molecule has 0 radical (unpaired) electrons. The van der Waals surface area contributed by atoms with E-state index in [-0.39, 0.29) is 12.4 Å². The maximum atomic E-state index is 12.2. The summed E-state index contributed by atoms with van der Waals surface area (Å²) in [7, 11) is 0. The van der Waals surface area contributed by atoms with Gasteiger partial charge < -0.3 is 14.3 Å². The number of carboxylic acid groups (broad SMARTS) is 1.